The van der Waals surface area contributed by atoms with Crippen LogP contribution in [0.3, 0.4) is 0 Å². The molecule has 0 aromatic heterocycles. The van der Waals surface area contributed by atoms with Gasteiger partial charge in [-0.15, -0.1) is 0 Å². The van der Waals surface area contributed by atoms with Crippen molar-refractivity contribution < 1.29 is 23.0 Å². The van der Waals surface area contributed by atoms with Crippen LogP contribution in [0.25, 0.3) is 0 Å². The standard InChI is InChI=1S/C17H16BrF2NO3/c18-13-3-7-14(8-4-13)23-11-16(22)21-10-9-12-1-5-15(6-2-12)24-17(19)20/h1-8,17H,9-11H2,(H,21,22). The molecular formula is C17H16BrF2NO3. The first-order valence-electron chi connectivity index (χ1n) is 7.22. The lowest BCUT2D eigenvalue weighted by atomic mass is 10.1. The van der Waals surface area contributed by atoms with E-state index in [1.807, 2.05) is 12.1 Å². The zero-order valence-corrected chi connectivity index (χ0v) is 14.3. The molecule has 0 spiro atoms. The van der Waals surface area contributed by atoms with E-state index in [-0.39, 0.29) is 18.3 Å². The Morgan fingerprint density at radius 1 is 1.04 bits per heavy atom. The van der Waals surface area contributed by atoms with Gasteiger partial charge in [0.15, 0.2) is 6.61 Å². The van der Waals surface area contributed by atoms with Crippen LogP contribution in [0.5, 0.6) is 11.5 Å². The molecule has 0 fully saturated rings. The van der Waals surface area contributed by atoms with Gasteiger partial charge in [0.05, 0.1) is 0 Å². The number of hydrogen-bond acceptors (Lipinski definition) is 3. The van der Waals surface area contributed by atoms with E-state index in [1.165, 1.54) is 12.1 Å². The van der Waals surface area contributed by atoms with Gasteiger partial charge < -0.3 is 14.8 Å². The van der Waals surface area contributed by atoms with E-state index >= 15 is 0 Å². The molecule has 0 aliphatic carbocycles. The summed E-state index contributed by atoms with van der Waals surface area (Å²) in [5.74, 6) is 0.499. The van der Waals surface area contributed by atoms with Crippen LogP contribution in [0.2, 0.25) is 0 Å². The van der Waals surface area contributed by atoms with Crippen molar-refractivity contribution in [1.82, 2.24) is 5.32 Å². The van der Waals surface area contributed by atoms with Gasteiger partial charge in [0, 0.05) is 11.0 Å². The van der Waals surface area contributed by atoms with Gasteiger partial charge in [0.1, 0.15) is 11.5 Å². The van der Waals surface area contributed by atoms with E-state index in [1.54, 1.807) is 24.3 Å². The largest absolute Gasteiger partial charge is 0.484 e. The van der Waals surface area contributed by atoms with Gasteiger partial charge in [0.25, 0.3) is 5.91 Å². The number of carbonyl (C=O) groups is 1. The van der Waals surface area contributed by atoms with Crippen LogP contribution in [0.4, 0.5) is 8.78 Å². The van der Waals surface area contributed by atoms with E-state index in [4.69, 9.17) is 4.74 Å². The van der Waals surface area contributed by atoms with Crippen LogP contribution in [0.15, 0.2) is 53.0 Å². The summed E-state index contributed by atoms with van der Waals surface area (Å²) in [6, 6.07) is 13.5. The molecule has 0 saturated heterocycles. The second-order valence-electron chi connectivity index (χ2n) is 4.87. The van der Waals surface area contributed by atoms with Gasteiger partial charge in [-0.3, -0.25) is 4.79 Å². The van der Waals surface area contributed by atoms with Gasteiger partial charge in [-0.1, -0.05) is 28.1 Å². The summed E-state index contributed by atoms with van der Waals surface area (Å²) in [4.78, 5) is 11.7. The predicted octanol–water partition coefficient (Wildman–Crippen LogP) is 3.79. The summed E-state index contributed by atoms with van der Waals surface area (Å²) in [7, 11) is 0. The Hall–Kier alpha value is -2.15. The van der Waals surface area contributed by atoms with Gasteiger partial charge >= 0.3 is 6.61 Å². The predicted molar refractivity (Wildman–Crippen MR) is 89.4 cm³/mol. The average molecular weight is 400 g/mol. The summed E-state index contributed by atoms with van der Waals surface area (Å²) in [5.41, 5.74) is 0.908. The first-order chi connectivity index (χ1) is 11.5. The lowest BCUT2D eigenvalue weighted by Gasteiger charge is -2.08. The highest BCUT2D eigenvalue weighted by atomic mass is 79.9. The normalized spacial score (nSPS) is 10.5. The maximum Gasteiger partial charge on any atom is 0.387 e. The van der Waals surface area contributed by atoms with Crippen LogP contribution >= 0.6 is 15.9 Å². The van der Waals surface area contributed by atoms with Crippen LogP contribution in [-0.4, -0.2) is 25.7 Å². The fourth-order valence-electron chi connectivity index (χ4n) is 1.91. The van der Waals surface area contributed by atoms with Crippen molar-refractivity contribution in [2.24, 2.45) is 0 Å². The van der Waals surface area contributed by atoms with E-state index in [0.29, 0.717) is 18.7 Å². The zero-order chi connectivity index (χ0) is 17.4. The number of rotatable bonds is 8. The van der Waals surface area contributed by atoms with Crippen LogP contribution < -0.4 is 14.8 Å². The maximum atomic E-state index is 12.0. The topological polar surface area (TPSA) is 47.6 Å². The van der Waals surface area contributed by atoms with E-state index in [0.717, 1.165) is 10.0 Å². The minimum absolute atomic E-state index is 0.0667. The average Bonchev–Trinajstić information content (AvgIpc) is 2.55. The van der Waals surface area contributed by atoms with Crippen molar-refractivity contribution in [3.63, 3.8) is 0 Å². The molecule has 2 aromatic rings. The molecule has 0 aliphatic heterocycles. The molecule has 2 rings (SSSR count). The third-order valence-corrected chi connectivity index (χ3v) is 3.60. The fraction of sp³-hybridized carbons (Fsp3) is 0.235. The number of carbonyl (C=O) groups excluding carboxylic acids is 1. The Morgan fingerprint density at radius 2 is 1.67 bits per heavy atom. The van der Waals surface area contributed by atoms with Crippen LogP contribution in [0.1, 0.15) is 5.56 Å². The summed E-state index contributed by atoms with van der Waals surface area (Å²) in [6.45, 7) is -2.47. The van der Waals surface area contributed by atoms with E-state index in [2.05, 4.69) is 26.0 Å². The van der Waals surface area contributed by atoms with Crippen molar-refractivity contribution in [2.45, 2.75) is 13.0 Å². The van der Waals surface area contributed by atoms with Gasteiger partial charge in [-0.25, -0.2) is 0 Å². The molecular weight excluding hydrogens is 384 g/mol. The van der Waals surface area contributed by atoms with Crippen LogP contribution in [-0.2, 0) is 11.2 Å². The summed E-state index contributed by atoms with van der Waals surface area (Å²) < 4.78 is 34.7. The van der Waals surface area contributed by atoms with Crippen molar-refractivity contribution in [2.75, 3.05) is 13.2 Å². The Morgan fingerprint density at radius 3 is 2.29 bits per heavy atom. The minimum Gasteiger partial charge on any atom is -0.484 e. The summed E-state index contributed by atoms with van der Waals surface area (Å²) in [6.07, 6.45) is 0.582. The first kappa shape index (κ1) is 18.2. The Kier molecular flexibility index (Phi) is 6.99. The van der Waals surface area contributed by atoms with Crippen molar-refractivity contribution in [3.05, 3.63) is 58.6 Å². The minimum atomic E-state index is -2.83. The third-order valence-electron chi connectivity index (χ3n) is 3.07. The zero-order valence-electron chi connectivity index (χ0n) is 12.7. The number of ether oxygens (including phenoxy) is 2. The SMILES string of the molecule is O=C(COc1ccc(Br)cc1)NCCc1ccc(OC(F)F)cc1. The smallest absolute Gasteiger partial charge is 0.387 e. The molecule has 4 nitrogen and oxygen atoms in total. The van der Waals surface area contributed by atoms with Gasteiger partial charge in [0.2, 0.25) is 0 Å². The third kappa shape index (κ3) is 6.54. The highest BCUT2D eigenvalue weighted by Crippen LogP contribution is 2.16. The molecule has 0 unspecified atom stereocenters. The summed E-state index contributed by atoms with van der Waals surface area (Å²) >= 11 is 3.32. The van der Waals surface area contributed by atoms with Crippen molar-refractivity contribution >= 4 is 21.8 Å². The molecule has 1 amide bonds. The quantitative estimate of drug-likeness (QED) is 0.734. The van der Waals surface area contributed by atoms with E-state index in [9.17, 15) is 13.6 Å². The first-order valence-corrected chi connectivity index (χ1v) is 8.01. The number of benzene rings is 2. The Bertz CT molecular complexity index is 648. The highest BCUT2D eigenvalue weighted by Gasteiger charge is 2.05. The van der Waals surface area contributed by atoms with Crippen molar-refractivity contribution in [3.8, 4) is 11.5 Å². The molecule has 0 heterocycles. The molecule has 7 heteroatoms. The summed E-state index contributed by atoms with van der Waals surface area (Å²) in [5, 5.41) is 2.74. The number of halogens is 3. The fourth-order valence-corrected chi connectivity index (χ4v) is 2.18. The molecule has 0 atom stereocenters. The molecule has 0 aliphatic rings. The van der Waals surface area contributed by atoms with E-state index < -0.39 is 6.61 Å². The number of hydrogen-bond donors (Lipinski definition) is 1. The molecule has 128 valence electrons. The monoisotopic (exact) mass is 399 g/mol. The maximum absolute atomic E-state index is 12.0. The molecule has 2 aromatic carbocycles. The number of alkyl halides is 2. The molecule has 0 saturated carbocycles. The number of nitrogens with one attached hydrogen (secondary N) is 1. The molecule has 0 radical (unpaired) electrons. The highest BCUT2D eigenvalue weighted by molar-refractivity contribution is 9.10. The molecule has 24 heavy (non-hydrogen) atoms. The Labute approximate surface area is 146 Å². The second-order valence-corrected chi connectivity index (χ2v) is 5.78. The lowest BCUT2D eigenvalue weighted by Crippen LogP contribution is -2.30. The lowest BCUT2D eigenvalue weighted by molar-refractivity contribution is -0.123. The van der Waals surface area contributed by atoms with Gasteiger partial charge in [-0.2, -0.15) is 8.78 Å². The Balaban J connectivity index is 1.67. The molecule has 0 bridgehead atoms. The van der Waals surface area contributed by atoms with Crippen molar-refractivity contribution in [1.29, 1.82) is 0 Å². The van der Waals surface area contributed by atoms with Gasteiger partial charge in [-0.05, 0) is 48.4 Å². The number of amides is 1. The second kappa shape index (κ2) is 9.22. The van der Waals surface area contributed by atoms with Crippen LogP contribution in [0, 0.1) is 0 Å². The molecule has 1 N–H and O–H groups in total.